The minimum Gasteiger partial charge on any atom is -0.322 e. The first-order valence-electron chi connectivity index (χ1n) is 10.4. The summed E-state index contributed by atoms with van der Waals surface area (Å²) < 4.78 is 0. The molecule has 0 radical (unpaired) electrons. The summed E-state index contributed by atoms with van der Waals surface area (Å²) in [7, 11) is 0. The van der Waals surface area contributed by atoms with Crippen molar-refractivity contribution in [3.8, 4) is 17.2 Å². The number of aromatic nitrogens is 1. The lowest BCUT2D eigenvalue weighted by Crippen LogP contribution is -2.18. The van der Waals surface area contributed by atoms with E-state index in [4.69, 9.17) is 11.6 Å². The number of rotatable bonds is 5. The Kier molecular flexibility index (Phi) is 5.56. The van der Waals surface area contributed by atoms with E-state index in [0.717, 1.165) is 21.7 Å². The molecule has 0 bridgehead atoms. The van der Waals surface area contributed by atoms with Crippen molar-refractivity contribution in [2.75, 3.05) is 5.32 Å². The van der Waals surface area contributed by atoms with Crippen LogP contribution in [0.5, 0.6) is 0 Å². The van der Waals surface area contributed by atoms with Gasteiger partial charge in [-0.2, -0.15) is 5.26 Å². The Labute approximate surface area is 187 Å². The van der Waals surface area contributed by atoms with Crippen LogP contribution in [0.4, 0.5) is 5.69 Å². The molecule has 0 aliphatic heterocycles. The number of hydrogen-bond acceptors (Lipinski definition) is 3. The topological polar surface area (TPSA) is 65.8 Å². The molecule has 2 aromatic carbocycles. The van der Waals surface area contributed by atoms with Gasteiger partial charge in [-0.15, -0.1) is 0 Å². The lowest BCUT2D eigenvalue weighted by molar-refractivity contribution is 0.102. The third-order valence-corrected chi connectivity index (χ3v) is 5.94. The number of hydrogen-bond donors (Lipinski definition) is 1. The summed E-state index contributed by atoms with van der Waals surface area (Å²) in [6, 6.07) is 17.7. The van der Waals surface area contributed by atoms with Crippen molar-refractivity contribution in [1.82, 2.24) is 4.98 Å². The van der Waals surface area contributed by atoms with Gasteiger partial charge in [0.1, 0.15) is 0 Å². The van der Waals surface area contributed by atoms with Gasteiger partial charge in [0, 0.05) is 22.5 Å². The molecule has 5 heteroatoms. The molecule has 0 atom stereocenters. The Hall–Kier alpha value is -3.16. The molecule has 1 saturated carbocycles. The predicted molar refractivity (Wildman–Crippen MR) is 124 cm³/mol. The van der Waals surface area contributed by atoms with Gasteiger partial charge in [0.15, 0.2) is 0 Å². The van der Waals surface area contributed by atoms with Crippen LogP contribution in [0.3, 0.4) is 0 Å². The quantitative estimate of drug-likeness (QED) is 0.494. The number of benzene rings is 2. The molecule has 31 heavy (non-hydrogen) atoms. The first-order valence-corrected chi connectivity index (χ1v) is 10.8. The highest BCUT2D eigenvalue weighted by Crippen LogP contribution is 2.42. The highest BCUT2D eigenvalue weighted by molar-refractivity contribution is 6.31. The number of nitrogens with zero attached hydrogens (tertiary/aromatic N) is 2. The number of carbonyl (C=O) groups excluding carboxylic acids is 1. The van der Waals surface area contributed by atoms with Gasteiger partial charge in [-0.25, -0.2) is 0 Å². The number of halogens is 1. The summed E-state index contributed by atoms with van der Waals surface area (Å²) in [4.78, 5) is 17.1. The van der Waals surface area contributed by atoms with Crippen LogP contribution in [0.1, 0.15) is 59.8 Å². The summed E-state index contributed by atoms with van der Waals surface area (Å²) in [6.45, 7) is 5.62. The fraction of sp³-hybridized carbons (Fsp3) is 0.269. The van der Waals surface area contributed by atoms with Gasteiger partial charge < -0.3 is 5.32 Å². The van der Waals surface area contributed by atoms with Crippen LogP contribution in [0, 0.1) is 18.3 Å². The first kappa shape index (κ1) is 21.1. The fourth-order valence-electron chi connectivity index (χ4n) is 3.61. The Morgan fingerprint density at radius 1 is 1.16 bits per heavy atom. The van der Waals surface area contributed by atoms with Crippen molar-refractivity contribution in [2.24, 2.45) is 0 Å². The molecule has 1 amide bonds. The average Bonchev–Trinajstić information content (AvgIpc) is 3.60. The van der Waals surface area contributed by atoms with Crippen molar-refractivity contribution in [2.45, 2.75) is 44.9 Å². The molecule has 0 unspecified atom stereocenters. The van der Waals surface area contributed by atoms with E-state index in [1.807, 2.05) is 30.3 Å². The largest absolute Gasteiger partial charge is 0.322 e. The predicted octanol–water partition coefficient (Wildman–Crippen LogP) is 6.64. The van der Waals surface area contributed by atoms with Gasteiger partial charge in [0.2, 0.25) is 0 Å². The second kappa shape index (κ2) is 8.17. The number of aryl methyl sites for hydroxylation is 1. The molecule has 1 N–H and O–H groups in total. The average molecular weight is 430 g/mol. The summed E-state index contributed by atoms with van der Waals surface area (Å²) in [5, 5.41) is 13.1. The van der Waals surface area contributed by atoms with Gasteiger partial charge in [-0.1, -0.05) is 23.7 Å². The molecule has 1 aliphatic rings. The molecule has 1 fully saturated rings. The Bertz CT molecular complexity index is 1210. The second-order valence-corrected chi connectivity index (χ2v) is 9.13. The van der Waals surface area contributed by atoms with Crippen molar-refractivity contribution in [3.05, 3.63) is 82.1 Å². The Morgan fingerprint density at radius 2 is 1.94 bits per heavy atom. The smallest absolute Gasteiger partial charge is 0.255 e. The molecule has 1 aromatic heterocycles. The number of nitriles is 1. The summed E-state index contributed by atoms with van der Waals surface area (Å²) in [5.74, 6) is 0.371. The third-order valence-electron chi connectivity index (χ3n) is 5.72. The van der Waals surface area contributed by atoms with Crippen LogP contribution >= 0.6 is 11.6 Å². The molecule has 1 heterocycles. The highest BCUT2D eigenvalue weighted by atomic mass is 35.5. The molecule has 3 aromatic rings. The first-order chi connectivity index (χ1) is 14.8. The minimum atomic E-state index is -0.765. The van der Waals surface area contributed by atoms with Crippen molar-refractivity contribution in [3.63, 3.8) is 0 Å². The standard InChI is InChI=1S/C26H24ClN3O/c1-16-4-7-22(14-23(16)20-10-19(17-5-6-17)11-21(27)12-20)30-25(31)18-8-9-29-24(13-18)26(2,3)15-28/h4,7-14,17H,5-6H2,1-3H3,(H,30,31). The molecule has 1 aliphatic carbocycles. The molecule has 0 spiro atoms. The van der Waals surface area contributed by atoms with Crippen molar-refractivity contribution in [1.29, 1.82) is 5.26 Å². The summed E-state index contributed by atoms with van der Waals surface area (Å²) >= 11 is 6.39. The van der Waals surface area contributed by atoms with Gasteiger partial charge in [0.05, 0.1) is 17.2 Å². The highest BCUT2D eigenvalue weighted by Gasteiger charge is 2.25. The van der Waals surface area contributed by atoms with Crippen LogP contribution in [0.25, 0.3) is 11.1 Å². The Balaban J connectivity index is 1.62. The molecule has 0 saturated heterocycles. The van der Waals surface area contributed by atoms with Gasteiger partial charge >= 0.3 is 0 Å². The zero-order valence-electron chi connectivity index (χ0n) is 17.9. The summed E-state index contributed by atoms with van der Waals surface area (Å²) in [5.41, 5.74) is 5.47. The second-order valence-electron chi connectivity index (χ2n) is 8.70. The number of carbonyl (C=O) groups is 1. The van der Waals surface area contributed by atoms with E-state index in [0.29, 0.717) is 22.9 Å². The maximum atomic E-state index is 12.9. The van der Waals surface area contributed by atoms with E-state index in [9.17, 15) is 10.1 Å². The van der Waals surface area contributed by atoms with Crippen LogP contribution in [-0.4, -0.2) is 10.9 Å². The number of nitrogens with one attached hydrogen (secondary N) is 1. The van der Waals surface area contributed by atoms with Crippen LogP contribution in [0.2, 0.25) is 5.02 Å². The lowest BCUT2D eigenvalue weighted by Gasteiger charge is -2.15. The minimum absolute atomic E-state index is 0.239. The van der Waals surface area contributed by atoms with Crippen LogP contribution < -0.4 is 5.32 Å². The van der Waals surface area contributed by atoms with Crippen LogP contribution in [-0.2, 0) is 5.41 Å². The monoisotopic (exact) mass is 429 g/mol. The van der Waals surface area contributed by atoms with E-state index in [-0.39, 0.29) is 5.91 Å². The van der Waals surface area contributed by atoms with Crippen molar-refractivity contribution < 1.29 is 4.79 Å². The fourth-order valence-corrected chi connectivity index (χ4v) is 3.85. The molecular formula is C26H24ClN3O. The van der Waals surface area contributed by atoms with Crippen LogP contribution in [0.15, 0.2) is 54.7 Å². The van der Waals surface area contributed by atoms with E-state index < -0.39 is 5.41 Å². The number of amides is 1. The maximum Gasteiger partial charge on any atom is 0.255 e. The van der Waals surface area contributed by atoms with Crippen molar-refractivity contribution >= 4 is 23.2 Å². The van der Waals surface area contributed by atoms with Gasteiger partial charge in [0.25, 0.3) is 5.91 Å². The van der Waals surface area contributed by atoms with E-state index in [2.05, 4.69) is 29.4 Å². The number of pyridine rings is 1. The van der Waals surface area contributed by atoms with Gasteiger partial charge in [-0.3, -0.25) is 9.78 Å². The van der Waals surface area contributed by atoms with E-state index in [1.54, 1.807) is 32.2 Å². The normalized spacial score (nSPS) is 13.5. The molecule has 4 nitrogen and oxygen atoms in total. The molecular weight excluding hydrogens is 406 g/mol. The summed E-state index contributed by atoms with van der Waals surface area (Å²) in [6.07, 6.45) is 3.99. The third kappa shape index (κ3) is 4.62. The zero-order valence-corrected chi connectivity index (χ0v) is 18.6. The SMILES string of the molecule is Cc1ccc(NC(=O)c2ccnc(C(C)(C)C#N)c2)cc1-c1cc(Cl)cc(C2CC2)c1. The molecule has 4 rings (SSSR count). The molecule has 156 valence electrons. The van der Waals surface area contributed by atoms with E-state index in [1.165, 1.54) is 18.4 Å². The number of anilines is 1. The zero-order chi connectivity index (χ0) is 22.2. The lowest BCUT2D eigenvalue weighted by atomic mass is 9.90. The maximum absolute atomic E-state index is 12.9. The Morgan fingerprint density at radius 3 is 2.65 bits per heavy atom. The van der Waals surface area contributed by atoms with Gasteiger partial charge in [-0.05, 0) is 98.2 Å². The van der Waals surface area contributed by atoms with E-state index >= 15 is 0 Å².